The van der Waals surface area contributed by atoms with Crippen LogP contribution < -0.4 is 0 Å². The molecule has 35 heavy (non-hydrogen) atoms. The molecule has 1 fully saturated rings. The third-order valence-electron chi connectivity index (χ3n) is 6.07. The van der Waals surface area contributed by atoms with Crippen LogP contribution in [0.25, 0.3) is 0 Å². The topological polar surface area (TPSA) is 54.0 Å². The van der Waals surface area contributed by atoms with Gasteiger partial charge in [-0.3, -0.25) is 4.79 Å². The van der Waals surface area contributed by atoms with E-state index in [1.165, 1.54) is 0 Å². The molecule has 4 atom stereocenters. The van der Waals surface area contributed by atoms with Gasteiger partial charge in [0.05, 0.1) is 30.2 Å². The number of hydrogen-bond donors (Lipinski definition) is 0. The largest absolute Gasteiger partial charge is 0.351 e. The molecule has 0 amide bonds. The average molecular weight is 546 g/mol. The second-order valence-electron chi connectivity index (χ2n) is 8.84. The van der Waals surface area contributed by atoms with Gasteiger partial charge in [-0.2, -0.15) is 0 Å². The molecule has 2 aromatic carbocycles. The molecule has 3 rings (SSSR count). The summed E-state index contributed by atoms with van der Waals surface area (Å²) in [6.07, 6.45) is 8.54. The number of halogens is 1. The Morgan fingerprint density at radius 1 is 0.943 bits per heavy atom. The Balaban J connectivity index is 1.49. The van der Waals surface area contributed by atoms with Gasteiger partial charge in [0.25, 0.3) is 0 Å². The van der Waals surface area contributed by atoms with Gasteiger partial charge in [-0.15, -0.1) is 0 Å². The number of Topliss-reactive ketones (excluding diaryl/α,β-unsaturated/α-hetero) is 1. The second kappa shape index (κ2) is 16.0. The van der Waals surface area contributed by atoms with Crippen molar-refractivity contribution in [1.29, 1.82) is 0 Å². The molecule has 1 aliphatic rings. The molecule has 0 saturated heterocycles. The predicted molar refractivity (Wildman–Crippen MR) is 141 cm³/mol. The van der Waals surface area contributed by atoms with Crippen LogP contribution in [0.2, 0.25) is 0 Å². The van der Waals surface area contributed by atoms with E-state index in [4.69, 9.17) is 18.9 Å². The summed E-state index contributed by atoms with van der Waals surface area (Å²) in [7, 11) is 0. The Kier molecular flexibility index (Phi) is 12.7. The summed E-state index contributed by atoms with van der Waals surface area (Å²) in [6.45, 7) is 3.57. The number of alkyl halides is 1. The van der Waals surface area contributed by atoms with Gasteiger partial charge in [0.2, 0.25) is 0 Å². The molecule has 0 bridgehead atoms. The molecule has 0 spiro atoms. The fourth-order valence-corrected chi connectivity index (χ4v) is 4.77. The zero-order chi connectivity index (χ0) is 24.7. The van der Waals surface area contributed by atoms with Gasteiger partial charge >= 0.3 is 0 Å². The summed E-state index contributed by atoms with van der Waals surface area (Å²) in [4.78, 5) is 12.1. The molecule has 0 N–H and O–H groups in total. The van der Waals surface area contributed by atoms with Crippen molar-refractivity contribution in [3.05, 3.63) is 83.9 Å². The molecular formula is C29H37BrO5. The van der Waals surface area contributed by atoms with Crippen LogP contribution in [0, 0.1) is 5.92 Å². The lowest BCUT2D eigenvalue weighted by molar-refractivity contribution is -0.120. The number of benzene rings is 2. The van der Waals surface area contributed by atoms with E-state index in [2.05, 4.69) is 35.0 Å². The molecule has 0 aliphatic heterocycles. The summed E-state index contributed by atoms with van der Waals surface area (Å²) in [6, 6.07) is 20.0. The number of unbranched alkanes of at least 4 members (excludes halogenated alkanes) is 2. The molecule has 1 unspecified atom stereocenters. The van der Waals surface area contributed by atoms with E-state index in [0.717, 1.165) is 36.8 Å². The van der Waals surface area contributed by atoms with Gasteiger partial charge in [0, 0.05) is 12.3 Å². The van der Waals surface area contributed by atoms with E-state index < -0.39 is 0 Å². The predicted octanol–water partition coefficient (Wildman–Crippen LogP) is 6.59. The van der Waals surface area contributed by atoms with Gasteiger partial charge in [-0.25, -0.2) is 0 Å². The Labute approximate surface area is 217 Å². The molecule has 0 radical (unpaired) electrons. The molecule has 1 aliphatic carbocycles. The lowest BCUT2D eigenvalue weighted by atomic mass is 10.0. The first-order valence-electron chi connectivity index (χ1n) is 12.5. The highest BCUT2D eigenvalue weighted by atomic mass is 79.9. The van der Waals surface area contributed by atoms with Crippen molar-refractivity contribution in [3.63, 3.8) is 0 Å². The molecule has 6 heteroatoms. The smallest absolute Gasteiger partial charge is 0.149 e. The van der Waals surface area contributed by atoms with Crippen LogP contribution in [0.15, 0.2) is 72.8 Å². The van der Waals surface area contributed by atoms with Crippen LogP contribution in [-0.4, -0.2) is 36.4 Å². The summed E-state index contributed by atoms with van der Waals surface area (Å²) >= 11 is 3.57. The normalized spacial score (nSPS) is 21.1. The molecule has 2 aromatic rings. The van der Waals surface area contributed by atoms with Crippen LogP contribution in [0.1, 0.15) is 50.2 Å². The van der Waals surface area contributed by atoms with Gasteiger partial charge in [-0.1, -0.05) is 115 Å². The fraction of sp³-hybridized carbons (Fsp3) is 0.483. The maximum absolute atomic E-state index is 12.4. The summed E-state index contributed by atoms with van der Waals surface area (Å²) in [5.41, 5.74) is 2.21. The molecule has 0 heterocycles. The molecule has 190 valence electrons. The second-order valence-corrected chi connectivity index (χ2v) is 9.83. The fourth-order valence-electron chi connectivity index (χ4n) is 4.06. The first kappa shape index (κ1) is 27.8. The zero-order valence-corrected chi connectivity index (χ0v) is 22.1. The average Bonchev–Trinajstić information content (AvgIpc) is 3.16. The Morgan fingerprint density at radius 3 is 2.20 bits per heavy atom. The van der Waals surface area contributed by atoms with Crippen LogP contribution >= 0.6 is 15.9 Å². The zero-order valence-electron chi connectivity index (χ0n) is 20.5. The van der Waals surface area contributed by atoms with Crippen molar-refractivity contribution in [2.75, 3.05) is 13.6 Å². The highest BCUT2D eigenvalue weighted by molar-refractivity contribution is 9.10. The number of carbonyl (C=O) groups excluding carboxylic acids is 1. The van der Waals surface area contributed by atoms with Gasteiger partial charge in [0.15, 0.2) is 0 Å². The van der Waals surface area contributed by atoms with Crippen LogP contribution in [0.5, 0.6) is 0 Å². The Morgan fingerprint density at radius 2 is 1.57 bits per heavy atom. The molecule has 0 aromatic heterocycles. The third kappa shape index (κ3) is 9.98. The molecular weight excluding hydrogens is 508 g/mol. The lowest BCUT2D eigenvalue weighted by Gasteiger charge is -2.20. The van der Waals surface area contributed by atoms with E-state index in [-0.39, 0.29) is 42.3 Å². The van der Waals surface area contributed by atoms with Crippen molar-refractivity contribution in [2.45, 2.75) is 69.3 Å². The van der Waals surface area contributed by atoms with Gasteiger partial charge in [-0.05, 0) is 17.5 Å². The molecule has 5 nitrogen and oxygen atoms in total. The first-order valence-corrected chi connectivity index (χ1v) is 13.4. The standard InChI is InChI=1S/C29H37BrO5/c1-2-3-6-15-25(34-21-32-19-23-11-7-4-8-12-23)16-17-26-28(18-27(31)29(26)30)35-22-33-20-24-13-9-5-10-14-24/h4-5,7-14,16-17,25-26,28-29H,2-3,6,15,18-22H2,1H3/b17-16+/t25?,26-,28+,29-/m0/s1. The minimum Gasteiger partial charge on any atom is -0.351 e. The van der Waals surface area contributed by atoms with Crippen molar-refractivity contribution in [2.24, 2.45) is 5.92 Å². The number of ketones is 1. The minimum atomic E-state index is -0.261. The molecule has 1 saturated carbocycles. The lowest BCUT2D eigenvalue weighted by Crippen LogP contribution is -2.23. The SMILES string of the molecule is CCCCCC(/C=C/[C@@H]1[C@H](Br)C(=O)C[C@H]1OCOCc1ccccc1)OCOCc1ccccc1. The van der Waals surface area contributed by atoms with Crippen molar-refractivity contribution in [3.8, 4) is 0 Å². The van der Waals surface area contributed by atoms with E-state index in [0.29, 0.717) is 19.6 Å². The highest BCUT2D eigenvalue weighted by Crippen LogP contribution is 2.33. The Hall–Kier alpha value is -1.83. The van der Waals surface area contributed by atoms with E-state index in [1.54, 1.807) is 0 Å². The van der Waals surface area contributed by atoms with Gasteiger partial charge in [0.1, 0.15) is 19.4 Å². The minimum absolute atomic E-state index is 0.0645. The highest BCUT2D eigenvalue weighted by Gasteiger charge is 2.40. The van der Waals surface area contributed by atoms with Crippen molar-refractivity contribution in [1.82, 2.24) is 0 Å². The summed E-state index contributed by atoms with van der Waals surface area (Å²) in [5.74, 6) is 0.0905. The third-order valence-corrected chi connectivity index (χ3v) is 7.19. The van der Waals surface area contributed by atoms with Crippen molar-refractivity contribution >= 4 is 21.7 Å². The summed E-state index contributed by atoms with van der Waals surface area (Å²) < 4.78 is 23.4. The van der Waals surface area contributed by atoms with Crippen LogP contribution in [0.3, 0.4) is 0 Å². The van der Waals surface area contributed by atoms with E-state index in [1.807, 2.05) is 60.7 Å². The Bertz CT molecular complexity index is 873. The van der Waals surface area contributed by atoms with Crippen LogP contribution in [-0.2, 0) is 37.0 Å². The first-order chi connectivity index (χ1) is 17.2. The monoisotopic (exact) mass is 544 g/mol. The van der Waals surface area contributed by atoms with Gasteiger partial charge < -0.3 is 18.9 Å². The maximum atomic E-state index is 12.4. The number of ether oxygens (including phenoxy) is 4. The quantitative estimate of drug-likeness (QED) is 0.103. The number of carbonyl (C=O) groups is 1. The maximum Gasteiger partial charge on any atom is 0.149 e. The summed E-state index contributed by atoms with van der Waals surface area (Å²) in [5, 5.41) is 0. The number of hydrogen-bond acceptors (Lipinski definition) is 5. The van der Waals surface area contributed by atoms with E-state index in [9.17, 15) is 4.79 Å². The van der Waals surface area contributed by atoms with Crippen LogP contribution in [0.4, 0.5) is 0 Å². The van der Waals surface area contributed by atoms with E-state index >= 15 is 0 Å². The number of rotatable bonds is 16. The van der Waals surface area contributed by atoms with Crippen molar-refractivity contribution < 1.29 is 23.7 Å².